The molecule has 0 aromatic heterocycles. The summed E-state index contributed by atoms with van der Waals surface area (Å²) in [5.41, 5.74) is 1.91. The summed E-state index contributed by atoms with van der Waals surface area (Å²) < 4.78 is 4.76. The van der Waals surface area contributed by atoms with Crippen LogP contribution in [0.4, 0.5) is 4.79 Å². The van der Waals surface area contributed by atoms with Crippen molar-refractivity contribution in [1.82, 2.24) is 4.90 Å². The van der Waals surface area contributed by atoms with E-state index in [0.29, 0.717) is 4.91 Å². The Kier molecular flexibility index (Phi) is 4.80. The first-order valence-electron chi connectivity index (χ1n) is 6.49. The SMILES string of the molecule is CCOC(=O)CN1C(=O)S/C(=C/c2cccc(C)c2)C1=O. The summed E-state index contributed by atoms with van der Waals surface area (Å²) in [6.45, 7) is 3.49. The molecular formula is C15H15NO4S. The number of amides is 2. The lowest BCUT2D eigenvalue weighted by Gasteiger charge is -2.10. The van der Waals surface area contributed by atoms with Gasteiger partial charge in [-0.25, -0.2) is 0 Å². The van der Waals surface area contributed by atoms with Crippen LogP contribution in [0.25, 0.3) is 6.08 Å². The van der Waals surface area contributed by atoms with Crippen molar-refractivity contribution in [3.63, 3.8) is 0 Å². The molecule has 0 N–H and O–H groups in total. The lowest BCUT2D eigenvalue weighted by atomic mass is 10.1. The fourth-order valence-electron chi connectivity index (χ4n) is 1.88. The summed E-state index contributed by atoms with van der Waals surface area (Å²) in [4.78, 5) is 36.6. The minimum atomic E-state index is -0.586. The fourth-order valence-corrected chi connectivity index (χ4v) is 2.72. The molecule has 2 amide bonds. The third kappa shape index (κ3) is 3.72. The highest BCUT2D eigenvalue weighted by Crippen LogP contribution is 2.32. The molecule has 0 spiro atoms. The molecule has 1 aliphatic heterocycles. The molecule has 6 heteroatoms. The van der Waals surface area contributed by atoms with Crippen molar-refractivity contribution in [2.75, 3.05) is 13.2 Å². The number of nitrogens with zero attached hydrogens (tertiary/aromatic N) is 1. The van der Waals surface area contributed by atoms with Crippen molar-refractivity contribution < 1.29 is 19.1 Å². The van der Waals surface area contributed by atoms with E-state index in [-0.39, 0.29) is 13.2 Å². The Morgan fingerprint density at radius 2 is 2.14 bits per heavy atom. The van der Waals surface area contributed by atoms with Gasteiger partial charge in [0.1, 0.15) is 6.54 Å². The van der Waals surface area contributed by atoms with Gasteiger partial charge in [0.25, 0.3) is 11.1 Å². The minimum Gasteiger partial charge on any atom is -0.465 e. The van der Waals surface area contributed by atoms with Crippen LogP contribution in [0, 0.1) is 6.92 Å². The zero-order chi connectivity index (χ0) is 15.4. The van der Waals surface area contributed by atoms with Crippen LogP contribution in [0.3, 0.4) is 0 Å². The molecular weight excluding hydrogens is 290 g/mol. The first kappa shape index (κ1) is 15.3. The summed E-state index contributed by atoms with van der Waals surface area (Å²) in [5, 5.41) is -0.452. The number of thioether (sulfide) groups is 1. The molecule has 0 bridgehead atoms. The first-order valence-corrected chi connectivity index (χ1v) is 7.30. The summed E-state index contributed by atoms with van der Waals surface area (Å²) in [5.74, 6) is -1.05. The van der Waals surface area contributed by atoms with Crippen LogP contribution in [0.1, 0.15) is 18.1 Å². The molecule has 21 heavy (non-hydrogen) atoms. The van der Waals surface area contributed by atoms with Crippen molar-refractivity contribution in [3.05, 3.63) is 40.3 Å². The zero-order valence-corrected chi connectivity index (χ0v) is 12.6. The largest absolute Gasteiger partial charge is 0.465 e. The molecule has 0 aliphatic carbocycles. The van der Waals surface area contributed by atoms with E-state index in [2.05, 4.69) is 0 Å². The van der Waals surface area contributed by atoms with E-state index in [1.165, 1.54) is 0 Å². The van der Waals surface area contributed by atoms with Gasteiger partial charge >= 0.3 is 5.97 Å². The van der Waals surface area contributed by atoms with Gasteiger partial charge in [0.2, 0.25) is 0 Å². The third-order valence-electron chi connectivity index (χ3n) is 2.81. The Morgan fingerprint density at radius 1 is 1.38 bits per heavy atom. The Labute approximate surface area is 127 Å². The van der Waals surface area contributed by atoms with Crippen LogP contribution in [0.2, 0.25) is 0 Å². The van der Waals surface area contributed by atoms with Crippen LogP contribution in [-0.4, -0.2) is 35.2 Å². The number of benzene rings is 1. The second-order valence-electron chi connectivity index (χ2n) is 4.49. The second kappa shape index (κ2) is 6.58. The highest BCUT2D eigenvalue weighted by molar-refractivity contribution is 8.18. The molecule has 1 aromatic carbocycles. The van der Waals surface area contributed by atoms with Gasteiger partial charge in [-0.3, -0.25) is 19.3 Å². The van der Waals surface area contributed by atoms with E-state index in [9.17, 15) is 14.4 Å². The van der Waals surface area contributed by atoms with E-state index in [0.717, 1.165) is 27.8 Å². The van der Waals surface area contributed by atoms with E-state index >= 15 is 0 Å². The van der Waals surface area contributed by atoms with Crippen LogP contribution < -0.4 is 0 Å². The fraction of sp³-hybridized carbons (Fsp3) is 0.267. The van der Waals surface area contributed by atoms with Gasteiger partial charge < -0.3 is 4.74 Å². The number of carbonyl (C=O) groups excluding carboxylic acids is 3. The molecule has 0 radical (unpaired) electrons. The lowest BCUT2D eigenvalue weighted by molar-refractivity contribution is -0.145. The molecule has 1 saturated heterocycles. The predicted octanol–water partition coefficient (Wildman–Crippen LogP) is 2.59. The van der Waals surface area contributed by atoms with Gasteiger partial charge in [-0.1, -0.05) is 29.8 Å². The highest BCUT2D eigenvalue weighted by atomic mass is 32.2. The second-order valence-corrected chi connectivity index (χ2v) is 5.48. The van der Waals surface area contributed by atoms with Gasteiger partial charge in [0.05, 0.1) is 11.5 Å². The quantitative estimate of drug-likeness (QED) is 0.632. The van der Waals surface area contributed by atoms with Crippen molar-refractivity contribution in [3.8, 4) is 0 Å². The topological polar surface area (TPSA) is 63.7 Å². The van der Waals surface area contributed by atoms with Crippen molar-refractivity contribution in [1.29, 1.82) is 0 Å². The molecule has 1 heterocycles. The average Bonchev–Trinajstić information content (AvgIpc) is 2.67. The number of esters is 1. The van der Waals surface area contributed by atoms with Gasteiger partial charge in [0, 0.05) is 0 Å². The highest BCUT2D eigenvalue weighted by Gasteiger charge is 2.36. The minimum absolute atomic E-state index is 0.216. The van der Waals surface area contributed by atoms with E-state index in [4.69, 9.17) is 4.74 Å². The van der Waals surface area contributed by atoms with Crippen LogP contribution in [0.5, 0.6) is 0 Å². The van der Waals surface area contributed by atoms with Gasteiger partial charge in [-0.15, -0.1) is 0 Å². The monoisotopic (exact) mass is 305 g/mol. The van der Waals surface area contributed by atoms with Crippen molar-refractivity contribution >= 4 is 35.0 Å². The molecule has 2 rings (SSSR count). The Hall–Kier alpha value is -2.08. The molecule has 110 valence electrons. The Balaban J connectivity index is 2.16. The van der Waals surface area contributed by atoms with Crippen molar-refractivity contribution in [2.45, 2.75) is 13.8 Å². The van der Waals surface area contributed by atoms with Gasteiger partial charge in [0.15, 0.2) is 0 Å². The van der Waals surface area contributed by atoms with E-state index in [1.807, 2.05) is 31.2 Å². The number of hydrogen-bond acceptors (Lipinski definition) is 5. The molecule has 0 unspecified atom stereocenters. The summed E-state index contributed by atoms with van der Waals surface area (Å²) in [6.07, 6.45) is 1.66. The third-order valence-corrected chi connectivity index (χ3v) is 3.71. The van der Waals surface area contributed by atoms with Crippen LogP contribution in [-0.2, 0) is 14.3 Å². The Bertz CT molecular complexity index is 624. The maximum atomic E-state index is 12.2. The molecule has 1 fully saturated rings. The molecule has 5 nitrogen and oxygen atoms in total. The standard InChI is InChI=1S/C15H15NO4S/c1-3-20-13(17)9-16-14(18)12(21-15(16)19)8-11-6-4-5-10(2)7-11/h4-8H,3,9H2,1-2H3/b12-8+. The van der Waals surface area contributed by atoms with Gasteiger partial charge in [-0.05, 0) is 37.2 Å². The van der Waals surface area contributed by atoms with Gasteiger partial charge in [-0.2, -0.15) is 0 Å². The van der Waals surface area contributed by atoms with E-state index in [1.54, 1.807) is 13.0 Å². The number of rotatable bonds is 4. The molecule has 1 aliphatic rings. The smallest absolute Gasteiger partial charge is 0.326 e. The number of hydrogen-bond donors (Lipinski definition) is 0. The summed E-state index contributed by atoms with van der Waals surface area (Å²) in [7, 11) is 0. The predicted molar refractivity (Wildman–Crippen MR) is 80.5 cm³/mol. The zero-order valence-electron chi connectivity index (χ0n) is 11.8. The van der Waals surface area contributed by atoms with Crippen LogP contribution in [0.15, 0.2) is 29.2 Å². The van der Waals surface area contributed by atoms with Crippen molar-refractivity contribution in [2.24, 2.45) is 0 Å². The maximum Gasteiger partial charge on any atom is 0.326 e. The normalized spacial score (nSPS) is 16.7. The average molecular weight is 305 g/mol. The first-order chi connectivity index (χ1) is 10.0. The lowest BCUT2D eigenvalue weighted by Crippen LogP contribution is -2.34. The summed E-state index contributed by atoms with van der Waals surface area (Å²) in [6, 6.07) is 7.60. The summed E-state index contributed by atoms with van der Waals surface area (Å²) >= 11 is 0.833. The molecule has 0 saturated carbocycles. The molecule has 1 aromatic rings. The number of imide groups is 1. The number of ether oxygens (including phenoxy) is 1. The van der Waals surface area contributed by atoms with Crippen LogP contribution >= 0.6 is 11.8 Å². The Morgan fingerprint density at radius 3 is 2.81 bits per heavy atom. The maximum absolute atomic E-state index is 12.2. The number of carbonyl (C=O) groups is 3. The van der Waals surface area contributed by atoms with E-state index < -0.39 is 17.1 Å². The molecule has 0 atom stereocenters. The number of aryl methyl sites for hydroxylation is 1.